The van der Waals surface area contributed by atoms with E-state index in [-0.39, 0.29) is 23.4 Å². The Balaban J connectivity index is 1.40. The van der Waals surface area contributed by atoms with Crippen LogP contribution in [0.4, 0.5) is 8.78 Å². The maximum atomic E-state index is 13.9. The van der Waals surface area contributed by atoms with Gasteiger partial charge in [-0.05, 0) is 40.0 Å². The van der Waals surface area contributed by atoms with Crippen molar-refractivity contribution in [2.24, 2.45) is 0 Å². The molecule has 0 fully saturated rings. The maximum absolute atomic E-state index is 13.9. The van der Waals surface area contributed by atoms with Gasteiger partial charge in [0, 0.05) is 31.9 Å². The first-order chi connectivity index (χ1) is 16.9. The van der Waals surface area contributed by atoms with Crippen LogP contribution in [-0.2, 0) is 25.8 Å². The van der Waals surface area contributed by atoms with Gasteiger partial charge in [0.1, 0.15) is 23.0 Å². The van der Waals surface area contributed by atoms with Crippen LogP contribution in [0.2, 0.25) is 0 Å². The minimum atomic E-state index is -0.663. The molecular formula is C23H22BrF2N7O2. The van der Waals surface area contributed by atoms with Crippen LogP contribution in [0, 0.1) is 11.6 Å². The van der Waals surface area contributed by atoms with Crippen molar-refractivity contribution in [3.8, 4) is 0 Å². The number of unbranched alkanes of at least 4 members (excludes halogenated alkanes) is 2. The second-order valence-corrected chi connectivity index (χ2v) is 9.16. The lowest BCUT2D eigenvalue weighted by molar-refractivity contribution is 0.372. The summed E-state index contributed by atoms with van der Waals surface area (Å²) in [6.45, 7) is 2.85. The maximum Gasteiger partial charge on any atom is 0.284 e. The minimum absolute atomic E-state index is 0.0750. The van der Waals surface area contributed by atoms with E-state index in [1.165, 1.54) is 16.5 Å². The van der Waals surface area contributed by atoms with Crippen molar-refractivity contribution in [2.45, 2.75) is 52.0 Å². The monoisotopic (exact) mass is 545 g/mol. The molecule has 0 amide bonds. The van der Waals surface area contributed by atoms with Crippen molar-refractivity contribution in [1.82, 2.24) is 34.3 Å². The van der Waals surface area contributed by atoms with E-state index in [2.05, 4.69) is 48.2 Å². The molecule has 0 saturated heterocycles. The molecule has 0 aliphatic rings. The summed E-state index contributed by atoms with van der Waals surface area (Å²) < 4.78 is 36.6. The van der Waals surface area contributed by atoms with Crippen LogP contribution in [0.25, 0.3) is 16.8 Å². The number of rotatable bonds is 9. The molecule has 5 rings (SSSR count). The molecule has 0 aliphatic heterocycles. The van der Waals surface area contributed by atoms with Crippen molar-refractivity contribution in [3.63, 3.8) is 0 Å². The lowest BCUT2D eigenvalue weighted by Gasteiger charge is -2.10. The van der Waals surface area contributed by atoms with Gasteiger partial charge in [-0.2, -0.15) is 4.98 Å². The molecule has 4 heterocycles. The van der Waals surface area contributed by atoms with Crippen molar-refractivity contribution >= 4 is 32.7 Å². The molecule has 1 N–H and O–H groups in total. The number of benzene rings is 1. The summed E-state index contributed by atoms with van der Waals surface area (Å²) in [5.74, 6) is 0.265. The second kappa shape index (κ2) is 9.68. The zero-order valence-electron chi connectivity index (χ0n) is 18.9. The third kappa shape index (κ3) is 4.62. The van der Waals surface area contributed by atoms with E-state index < -0.39 is 11.6 Å². The van der Waals surface area contributed by atoms with E-state index in [1.54, 1.807) is 0 Å². The highest BCUT2D eigenvalue weighted by atomic mass is 79.9. The normalized spacial score (nSPS) is 11.8. The Morgan fingerprint density at radius 3 is 2.80 bits per heavy atom. The van der Waals surface area contributed by atoms with Gasteiger partial charge in [-0.15, -0.1) is 10.2 Å². The van der Waals surface area contributed by atoms with Gasteiger partial charge in [-0.3, -0.25) is 4.79 Å². The number of nitrogens with zero attached hydrogens (tertiary/aromatic N) is 6. The van der Waals surface area contributed by atoms with E-state index in [0.717, 1.165) is 30.8 Å². The first-order valence-electron chi connectivity index (χ1n) is 11.3. The Labute approximate surface area is 206 Å². The largest absolute Gasteiger partial charge is 0.343 e. The van der Waals surface area contributed by atoms with Crippen molar-refractivity contribution in [1.29, 1.82) is 0 Å². The van der Waals surface area contributed by atoms with Crippen LogP contribution in [-0.4, -0.2) is 34.3 Å². The number of hydrogen-bond acceptors (Lipinski definition) is 6. The van der Waals surface area contributed by atoms with Crippen LogP contribution in [0.15, 0.2) is 38.2 Å². The van der Waals surface area contributed by atoms with Crippen molar-refractivity contribution < 1.29 is 13.3 Å². The highest BCUT2D eigenvalue weighted by Gasteiger charge is 2.19. The number of H-pyrrole nitrogens is 1. The van der Waals surface area contributed by atoms with Gasteiger partial charge in [-0.1, -0.05) is 31.0 Å². The van der Waals surface area contributed by atoms with Crippen molar-refractivity contribution in [3.05, 3.63) is 74.0 Å². The SMILES string of the molecule is CCCCCn1c2cc(Br)[nH]c2c(=O)n2c(CCc3nc(Cc4ccc(F)cc4F)no3)nnc12. The highest BCUT2D eigenvalue weighted by molar-refractivity contribution is 9.10. The second-order valence-electron chi connectivity index (χ2n) is 8.31. The van der Waals surface area contributed by atoms with Gasteiger partial charge in [0.05, 0.1) is 10.1 Å². The molecule has 0 unspecified atom stereocenters. The van der Waals surface area contributed by atoms with Gasteiger partial charge < -0.3 is 14.1 Å². The number of fused-ring (bicyclic) bond motifs is 2. The van der Waals surface area contributed by atoms with E-state index in [1.807, 2.05) is 10.6 Å². The fourth-order valence-corrected chi connectivity index (χ4v) is 4.53. The van der Waals surface area contributed by atoms with E-state index in [0.29, 0.717) is 47.0 Å². The summed E-state index contributed by atoms with van der Waals surface area (Å²) in [5.41, 5.74) is 1.29. The van der Waals surface area contributed by atoms with Gasteiger partial charge in [0.15, 0.2) is 5.82 Å². The third-order valence-corrected chi connectivity index (χ3v) is 6.27. The minimum Gasteiger partial charge on any atom is -0.343 e. The predicted octanol–water partition coefficient (Wildman–Crippen LogP) is 4.36. The van der Waals surface area contributed by atoms with Gasteiger partial charge in [0.2, 0.25) is 11.7 Å². The lowest BCUT2D eigenvalue weighted by atomic mass is 10.1. The van der Waals surface area contributed by atoms with Crippen LogP contribution in [0.1, 0.15) is 49.3 Å². The Morgan fingerprint density at radius 1 is 1.14 bits per heavy atom. The summed E-state index contributed by atoms with van der Waals surface area (Å²) in [6.07, 6.45) is 3.83. The number of aromatic nitrogens is 7. The molecule has 4 aromatic heterocycles. The Bertz CT molecular complexity index is 1570. The predicted molar refractivity (Wildman–Crippen MR) is 127 cm³/mol. The number of aromatic amines is 1. The van der Waals surface area contributed by atoms with Crippen molar-refractivity contribution in [2.75, 3.05) is 0 Å². The molecule has 9 nitrogen and oxygen atoms in total. The molecule has 5 aromatic rings. The number of aryl methyl sites for hydroxylation is 3. The molecule has 1 aromatic carbocycles. The summed E-state index contributed by atoms with van der Waals surface area (Å²) in [4.78, 5) is 20.6. The highest BCUT2D eigenvalue weighted by Crippen LogP contribution is 2.20. The molecular weight excluding hydrogens is 524 g/mol. The van der Waals surface area contributed by atoms with Crippen LogP contribution < -0.4 is 5.56 Å². The Kier molecular flexibility index (Phi) is 6.46. The summed E-state index contributed by atoms with van der Waals surface area (Å²) in [7, 11) is 0. The summed E-state index contributed by atoms with van der Waals surface area (Å²) in [6, 6.07) is 5.24. The van der Waals surface area contributed by atoms with Gasteiger partial charge in [0.25, 0.3) is 5.56 Å². The van der Waals surface area contributed by atoms with Crippen LogP contribution >= 0.6 is 15.9 Å². The average molecular weight is 546 g/mol. The first-order valence-corrected chi connectivity index (χ1v) is 12.1. The third-order valence-electron chi connectivity index (χ3n) is 5.85. The average Bonchev–Trinajstić information content (AvgIpc) is 3.55. The van der Waals surface area contributed by atoms with E-state index in [4.69, 9.17) is 4.52 Å². The quantitative estimate of drug-likeness (QED) is 0.276. The topological polar surface area (TPSA) is 107 Å². The molecule has 182 valence electrons. The summed E-state index contributed by atoms with van der Waals surface area (Å²) in [5, 5.41) is 12.5. The van der Waals surface area contributed by atoms with E-state index >= 15 is 0 Å². The number of hydrogen-bond donors (Lipinski definition) is 1. The molecule has 0 atom stereocenters. The molecule has 0 aliphatic carbocycles. The molecule has 0 spiro atoms. The van der Waals surface area contributed by atoms with Crippen LogP contribution in [0.5, 0.6) is 0 Å². The Morgan fingerprint density at radius 2 is 2.00 bits per heavy atom. The smallest absolute Gasteiger partial charge is 0.284 e. The molecule has 0 bridgehead atoms. The van der Waals surface area contributed by atoms with Gasteiger partial charge in [-0.25, -0.2) is 13.2 Å². The zero-order valence-corrected chi connectivity index (χ0v) is 20.5. The number of nitrogens with one attached hydrogen (secondary N) is 1. The first kappa shape index (κ1) is 23.3. The molecule has 35 heavy (non-hydrogen) atoms. The standard InChI is InChI=1S/C23H22BrF2N7O2/c1-2-3-4-9-32-16-12-17(24)27-21(16)22(34)33-19(29-30-23(32)33)7-8-20-28-18(31-35-20)10-13-5-6-14(25)11-15(13)26/h5-6,11-12,27H,2-4,7-10H2,1H3. The molecule has 12 heteroatoms. The summed E-state index contributed by atoms with van der Waals surface area (Å²) >= 11 is 3.43. The van der Waals surface area contributed by atoms with Crippen LogP contribution in [0.3, 0.4) is 0 Å². The zero-order chi connectivity index (χ0) is 24.5. The van der Waals surface area contributed by atoms with E-state index in [9.17, 15) is 13.6 Å². The fraction of sp³-hybridized carbons (Fsp3) is 0.348. The fourth-order valence-electron chi connectivity index (χ4n) is 4.12. The Hall–Kier alpha value is -3.41. The molecule has 0 radical (unpaired) electrons. The van der Waals surface area contributed by atoms with Gasteiger partial charge >= 0.3 is 0 Å². The lowest BCUT2D eigenvalue weighted by Crippen LogP contribution is -2.21. The number of halogens is 3. The molecule has 0 saturated carbocycles.